The lowest BCUT2D eigenvalue weighted by molar-refractivity contribution is -0.136. The highest BCUT2D eigenvalue weighted by Gasteiger charge is 2.20. The first-order valence-corrected chi connectivity index (χ1v) is 4.58. The van der Waals surface area contributed by atoms with E-state index in [0.29, 0.717) is 0 Å². The molecule has 4 N–H and O–H groups in total. The van der Waals surface area contributed by atoms with Gasteiger partial charge in [0.2, 0.25) is 0 Å². The summed E-state index contributed by atoms with van der Waals surface area (Å²) in [5.74, 6) is -0.877. The number of aliphatic carboxylic acids is 1. The van der Waals surface area contributed by atoms with E-state index in [-0.39, 0.29) is 19.8 Å². The minimum absolute atomic E-state index is 0.181. The van der Waals surface area contributed by atoms with E-state index in [2.05, 4.69) is 12.6 Å². The van der Waals surface area contributed by atoms with Crippen LogP contribution in [0.25, 0.3) is 0 Å². The molecule has 1 unspecified atom stereocenters. The molecule has 1 atom stereocenters. The van der Waals surface area contributed by atoms with Gasteiger partial charge in [0.1, 0.15) is 0 Å². The van der Waals surface area contributed by atoms with E-state index in [4.69, 9.17) is 20.4 Å². The van der Waals surface area contributed by atoms with Gasteiger partial charge in [-0.15, -0.1) is 0 Å². The maximum atomic E-state index is 9.62. The van der Waals surface area contributed by atoms with Gasteiger partial charge in [-0.2, -0.15) is 12.6 Å². The molecule has 0 rings (SSSR count). The maximum absolute atomic E-state index is 9.62. The number of thiol groups is 1. The number of rotatable bonds is 4. The molecular weight excluding hydrogens is 208 g/mol. The van der Waals surface area contributed by atoms with E-state index < -0.39 is 16.6 Å². The Hall–Kier alpha value is -0.300. The largest absolute Gasteiger partial charge is 0.480 e. The summed E-state index contributed by atoms with van der Waals surface area (Å²) in [5, 5.41) is 32.8. The minimum atomic E-state index is -0.877. The van der Waals surface area contributed by atoms with Crippen molar-refractivity contribution in [2.24, 2.45) is 5.41 Å². The van der Waals surface area contributed by atoms with Crippen molar-refractivity contribution in [3.8, 4) is 0 Å². The van der Waals surface area contributed by atoms with Crippen molar-refractivity contribution in [2.45, 2.75) is 19.1 Å². The van der Waals surface area contributed by atoms with Crippen molar-refractivity contribution >= 4 is 18.6 Å². The van der Waals surface area contributed by atoms with Crippen LogP contribution in [-0.2, 0) is 4.79 Å². The predicted molar refractivity (Wildman–Crippen MR) is 55.4 cm³/mol. The number of carboxylic acid groups (broad SMARTS) is 1. The first kappa shape index (κ1) is 16.1. The van der Waals surface area contributed by atoms with E-state index in [1.54, 1.807) is 6.92 Å². The quantitative estimate of drug-likeness (QED) is 0.411. The Bertz CT molecular complexity index is 148. The average Bonchev–Trinajstić information content (AvgIpc) is 2.17. The number of hydrogen-bond acceptors (Lipinski definition) is 5. The third kappa shape index (κ3) is 8.31. The molecule has 0 saturated carbocycles. The van der Waals surface area contributed by atoms with Gasteiger partial charge in [0.15, 0.2) is 0 Å². The lowest BCUT2D eigenvalue weighted by Crippen LogP contribution is -2.29. The van der Waals surface area contributed by atoms with Crippen LogP contribution in [0.15, 0.2) is 0 Å². The molecule has 0 aliphatic heterocycles. The molecule has 0 radical (unpaired) electrons. The van der Waals surface area contributed by atoms with E-state index in [1.807, 2.05) is 0 Å². The molecule has 0 heterocycles. The fourth-order valence-electron chi connectivity index (χ4n) is 0.150. The lowest BCUT2D eigenvalue weighted by atomic mass is 9.95. The monoisotopic (exact) mass is 226 g/mol. The fraction of sp³-hybridized carbons (Fsp3) is 0.875. The van der Waals surface area contributed by atoms with Gasteiger partial charge in [-0.1, -0.05) is 6.92 Å². The van der Waals surface area contributed by atoms with E-state index in [9.17, 15) is 4.79 Å². The second-order valence-electron chi connectivity index (χ2n) is 3.30. The molecule has 0 aliphatic rings. The highest BCUT2D eigenvalue weighted by Crippen LogP contribution is 2.10. The molecule has 0 aromatic carbocycles. The summed E-state index contributed by atoms with van der Waals surface area (Å²) in [5.41, 5.74) is -0.708. The molecular formula is C8H18O5S. The fourth-order valence-corrected chi connectivity index (χ4v) is 0.150. The van der Waals surface area contributed by atoms with Crippen molar-refractivity contribution < 1.29 is 25.2 Å². The predicted octanol–water partition coefficient (Wildman–Crippen LogP) is -0.641. The molecule has 0 spiro atoms. The summed E-state index contributed by atoms with van der Waals surface area (Å²) >= 11 is 3.59. The van der Waals surface area contributed by atoms with Crippen LogP contribution in [0.3, 0.4) is 0 Å². The standard InChI is InChI=1S/C5H12O3.C3H6O2S/c1-5(2-6,3-7)4-8;1-2(6)3(4)5/h6-8H,2-4H2,1H3;2,6H,1H3,(H,4,5). The van der Waals surface area contributed by atoms with Gasteiger partial charge in [-0.25, -0.2) is 0 Å². The summed E-state index contributed by atoms with van der Waals surface area (Å²) in [4.78, 5) is 9.62. The SMILES string of the molecule is CC(CO)(CO)CO.CC(S)C(=O)O. The first-order valence-electron chi connectivity index (χ1n) is 4.06. The zero-order chi connectivity index (χ0) is 11.8. The third-order valence-electron chi connectivity index (χ3n) is 1.50. The second kappa shape index (κ2) is 8.05. The number of aliphatic hydroxyl groups is 3. The van der Waals surface area contributed by atoms with Crippen LogP contribution in [0.1, 0.15) is 13.8 Å². The van der Waals surface area contributed by atoms with Crippen molar-refractivity contribution in [3.63, 3.8) is 0 Å². The van der Waals surface area contributed by atoms with Gasteiger partial charge in [0.25, 0.3) is 0 Å². The molecule has 0 fully saturated rings. The van der Waals surface area contributed by atoms with Crippen LogP contribution < -0.4 is 0 Å². The van der Waals surface area contributed by atoms with Crippen molar-refractivity contribution in [1.82, 2.24) is 0 Å². The number of carboxylic acids is 1. The van der Waals surface area contributed by atoms with Gasteiger partial charge in [0.05, 0.1) is 25.1 Å². The molecule has 0 bridgehead atoms. The number of hydrogen-bond donors (Lipinski definition) is 5. The Morgan fingerprint density at radius 1 is 1.29 bits per heavy atom. The maximum Gasteiger partial charge on any atom is 0.316 e. The molecule has 0 aromatic rings. The Morgan fingerprint density at radius 2 is 1.50 bits per heavy atom. The third-order valence-corrected chi connectivity index (χ3v) is 1.72. The molecule has 6 heteroatoms. The van der Waals surface area contributed by atoms with Crippen LogP contribution in [-0.4, -0.2) is 51.5 Å². The number of aliphatic hydroxyl groups excluding tert-OH is 3. The summed E-state index contributed by atoms with van der Waals surface area (Å²) in [7, 11) is 0. The Kier molecular flexibility index (Phi) is 9.28. The molecule has 5 nitrogen and oxygen atoms in total. The first-order chi connectivity index (χ1) is 6.32. The van der Waals surface area contributed by atoms with E-state index in [0.717, 1.165) is 0 Å². The summed E-state index contributed by atoms with van der Waals surface area (Å²) < 4.78 is 0. The van der Waals surface area contributed by atoms with E-state index >= 15 is 0 Å². The summed E-state index contributed by atoms with van der Waals surface area (Å²) in [6.45, 7) is 2.57. The highest BCUT2D eigenvalue weighted by molar-refractivity contribution is 7.81. The molecule has 0 amide bonds. The topological polar surface area (TPSA) is 98.0 Å². The normalized spacial score (nSPS) is 12.7. The molecule has 0 aliphatic carbocycles. The van der Waals surface area contributed by atoms with Crippen molar-refractivity contribution in [3.05, 3.63) is 0 Å². The Labute approximate surface area is 88.8 Å². The van der Waals surface area contributed by atoms with Gasteiger partial charge < -0.3 is 20.4 Å². The zero-order valence-corrected chi connectivity index (χ0v) is 9.24. The second-order valence-corrected chi connectivity index (χ2v) is 4.07. The lowest BCUT2D eigenvalue weighted by Gasteiger charge is -2.20. The summed E-state index contributed by atoms with van der Waals surface area (Å²) in [6.07, 6.45) is 0. The Balaban J connectivity index is 0. The van der Waals surface area contributed by atoms with Gasteiger partial charge in [-0.05, 0) is 6.92 Å². The van der Waals surface area contributed by atoms with E-state index in [1.165, 1.54) is 6.92 Å². The van der Waals surface area contributed by atoms with Crippen LogP contribution in [0.4, 0.5) is 0 Å². The zero-order valence-electron chi connectivity index (χ0n) is 8.34. The van der Waals surface area contributed by atoms with Crippen LogP contribution >= 0.6 is 12.6 Å². The van der Waals surface area contributed by atoms with Crippen LogP contribution in [0.5, 0.6) is 0 Å². The van der Waals surface area contributed by atoms with Gasteiger partial charge in [0, 0.05) is 5.41 Å². The summed E-state index contributed by atoms with van der Waals surface area (Å²) in [6, 6.07) is 0. The molecule has 14 heavy (non-hydrogen) atoms. The Morgan fingerprint density at radius 3 is 1.50 bits per heavy atom. The number of carbonyl (C=O) groups is 1. The van der Waals surface area contributed by atoms with Gasteiger partial charge in [-0.3, -0.25) is 4.79 Å². The van der Waals surface area contributed by atoms with Crippen molar-refractivity contribution in [2.75, 3.05) is 19.8 Å². The smallest absolute Gasteiger partial charge is 0.316 e. The minimum Gasteiger partial charge on any atom is -0.480 e. The van der Waals surface area contributed by atoms with Gasteiger partial charge >= 0.3 is 5.97 Å². The average molecular weight is 226 g/mol. The van der Waals surface area contributed by atoms with Crippen molar-refractivity contribution in [1.29, 1.82) is 0 Å². The molecule has 0 saturated heterocycles. The van der Waals surface area contributed by atoms with Crippen LogP contribution in [0, 0.1) is 5.41 Å². The molecule has 86 valence electrons. The highest BCUT2D eigenvalue weighted by atomic mass is 32.1. The van der Waals surface area contributed by atoms with Crippen LogP contribution in [0.2, 0.25) is 0 Å². The molecule has 0 aromatic heterocycles.